The second-order valence-electron chi connectivity index (χ2n) is 13.4. The molecule has 1 rings (SSSR count). The molecule has 0 unspecified atom stereocenters. The van der Waals surface area contributed by atoms with Gasteiger partial charge in [-0.05, 0) is 102 Å². The maximum absolute atomic E-state index is 6.10. The molecular formula is C44H75NO2. The third-order valence-corrected chi connectivity index (χ3v) is 8.77. The molecule has 3 nitrogen and oxygen atoms in total. The van der Waals surface area contributed by atoms with E-state index in [1.807, 2.05) is 6.07 Å². The van der Waals surface area contributed by atoms with Crippen LogP contribution in [0.2, 0.25) is 0 Å². The van der Waals surface area contributed by atoms with E-state index in [0.29, 0.717) is 6.54 Å². The van der Waals surface area contributed by atoms with E-state index in [1.54, 1.807) is 5.57 Å². The molecule has 47 heavy (non-hydrogen) atoms. The van der Waals surface area contributed by atoms with Crippen LogP contribution in [0.5, 0.6) is 11.5 Å². The van der Waals surface area contributed by atoms with Crippen LogP contribution in [-0.4, -0.2) is 13.2 Å². The lowest BCUT2D eigenvalue weighted by molar-refractivity contribution is 0.289. The third-order valence-electron chi connectivity index (χ3n) is 8.77. The summed E-state index contributed by atoms with van der Waals surface area (Å²) in [6.07, 6.45) is 46.6. The number of benzene rings is 1. The van der Waals surface area contributed by atoms with E-state index in [2.05, 4.69) is 75.4 Å². The van der Waals surface area contributed by atoms with Crippen LogP contribution in [0.25, 0.3) is 0 Å². The van der Waals surface area contributed by atoms with E-state index < -0.39 is 0 Å². The van der Waals surface area contributed by atoms with Gasteiger partial charge in [0.05, 0.1) is 13.2 Å². The number of unbranched alkanes of at least 4 members (excludes halogenated alkanes) is 17. The third kappa shape index (κ3) is 28.5. The van der Waals surface area contributed by atoms with Crippen LogP contribution in [0.15, 0.2) is 66.3 Å². The number of hydrogen-bond acceptors (Lipinski definition) is 3. The SMILES string of the molecule is CCCCC/C=C\C/C=C\CCCCCCCCOc1cc(CN)cc(OCCCCCCCC/C(C)=C\C/C=C\CCCCC)c1. The molecule has 0 aromatic heterocycles. The first kappa shape index (κ1) is 42.8. The lowest BCUT2D eigenvalue weighted by atomic mass is 10.1. The van der Waals surface area contributed by atoms with E-state index >= 15 is 0 Å². The Bertz CT molecular complexity index is 944. The molecule has 1 aromatic carbocycles. The molecule has 0 heterocycles. The van der Waals surface area contributed by atoms with Crippen molar-refractivity contribution in [1.82, 2.24) is 0 Å². The fraction of sp³-hybridized carbons (Fsp3) is 0.682. The summed E-state index contributed by atoms with van der Waals surface area (Å²) in [5.74, 6) is 1.77. The minimum atomic E-state index is 0.503. The molecule has 0 spiro atoms. The smallest absolute Gasteiger partial charge is 0.123 e. The van der Waals surface area contributed by atoms with Gasteiger partial charge >= 0.3 is 0 Å². The predicted octanol–water partition coefficient (Wildman–Crippen LogP) is 13.9. The van der Waals surface area contributed by atoms with Crippen LogP contribution < -0.4 is 15.2 Å². The Morgan fingerprint density at radius 3 is 1.49 bits per heavy atom. The Hall–Kier alpha value is -2.26. The maximum Gasteiger partial charge on any atom is 0.123 e. The van der Waals surface area contributed by atoms with Gasteiger partial charge in [0, 0.05) is 12.6 Å². The lowest BCUT2D eigenvalue weighted by Gasteiger charge is -2.12. The molecule has 0 radical (unpaired) electrons. The number of allylic oxidation sites excluding steroid dienone is 8. The van der Waals surface area contributed by atoms with E-state index in [0.717, 1.165) is 56.0 Å². The van der Waals surface area contributed by atoms with Crippen LogP contribution in [-0.2, 0) is 6.54 Å². The van der Waals surface area contributed by atoms with Crippen LogP contribution in [0.4, 0.5) is 0 Å². The first-order chi connectivity index (χ1) is 23.2. The Labute approximate surface area is 292 Å². The van der Waals surface area contributed by atoms with Crippen molar-refractivity contribution >= 4 is 0 Å². The Morgan fingerprint density at radius 2 is 0.979 bits per heavy atom. The van der Waals surface area contributed by atoms with Crippen molar-refractivity contribution < 1.29 is 9.47 Å². The van der Waals surface area contributed by atoms with E-state index in [9.17, 15) is 0 Å². The van der Waals surface area contributed by atoms with Crippen molar-refractivity contribution in [2.45, 2.75) is 181 Å². The van der Waals surface area contributed by atoms with Gasteiger partial charge in [0.1, 0.15) is 11.5 Å². The van der Waals surface area contributed by atoms with Crippen LogP contribution in [0, 0.1) is 0 Å². The summed E-state index contributed by atoms with van der Waals surface area (Å²) in [5.41, 5.74) is 8.58. The van der Waals surface area contributed by atoms with Gasteiger partial charge in [-0.2, -0.15) is 0 Å². The second-order valence-corrected chi connectivity index (χ2v) is 13.4. The molecule has 0 aliphatic heterocycles. The van der Waals surface area contributed by atoms with Crippen LogP contribution in [0.1, 0.15) is 180 Å². The van der Waals surface area contributed by atoms with Crippen molar-refractivity contribution in [1.29, 1.82) is 0 Å². The largest absolute Gasteiger partial charge is 0.493 e. The maximum atomic E-state index is 6.10. The van der Waals surface area contributed by atoms with Crippen molar-refractivity contribution in [3.05, 3.63) is 71.9 Å². The summed E-state index contributed by atoms with van der Waals surface area (Å²) in [7, 11) is 0. The molecule has 2 N–H and O–H groups in total. The van der Waals surface area contributed by atoms with Gasteiger partial charge in [-0.25, -0.2) is 0 Å². The Kier molecular flexibility index (Phi) is 30.6. The van der Waals surface area contributed by atoms with Gasteiger partial charge in [0.2, 0.25) is 0 Å². The molecular weight excluding hydrogens is 574 g/mol. The zero-order chi connectivity index (χ0) is 33.9. The highest BCUT2D eigenvalue weighted by molar-refractivity contribution is 5.38. The number of hydrogen-bond donors (Lipinski definition) is 1. The molecule has 0 amide bonds. The monoisotopic (exact) mass is 650 g/mol. The normalized spacial score (nSPS) is 12.3. The highest BCUT2D eigenvalue weighted by Gasteiger charge is 2.04. The Balaban J connectivity index is 2.06. The molecule has 0 saturated heterocycles. The predicted molar refractivity (Wildman–Crippen MR) is 209 cm³/mol. The molecule has 0 atom stereocenters. The van der Waals surface area contributed by atoms with Crippen LogP contribution >= 0.6 is 0 Å². The lowest BCUT2D eigenvalue weighted by Crippen LogP contribution is -2.03. The molecule has 1 aromatic rings. The van der Waals surface area contributed by atoms with Crippen molar-refractivity contribution in [3.63, 3.8) is 0 Å². The summed E-state index contributed by atoms with van der Waals surface area (Å²) >= 11 is 0. The zero-order valence-corrected chi connectivity index (χ0v) is 31.3. The van der Waals surface area contributed by atoms with Gasteiger partial charge in [0.25, 0.3) is 0 Å². The average molecular weight is 650 g/mol. The van der Waals surface area contributed by atoms with Gasteiger partial charge in [-0.1, -0.05) is 139 Å². The van der Waals surface area contributed by atoms with Crippen molar-refractivity contribution in [2.75, 3.05) is 13.2 Å². The van der Waals surface area contributed by atoms with Crippen molar-refractivity contribution in [2.24, 2.45) is 5.73 Å². The van der Waals surface area contributed by atoms with E-state index in [1.165, 1.54) is 128 Å². The fourth-order valence-electron chi connectivity index (χ4n) is 5.70. The first-order valence-electron chi connectivity index (χ1n) is 19.9. The summed E-state index contributed by atoms with van der Waals surface area (Å²) < 4.78 is 12.2. The fourth-order valence-corrected chi connectivity index (χ4v) is 5.70. The molecule has 0 aliphatic rings. The highest BCUT2D eigenvalue weighted by atomic mass is 16.5. The highest BCUT2D eigenvalue weighted by Crippen LogP contribution is 2.24. The van der Waals surface area contributed by atoms with Gasteiger partial charge in [-0.3, -0.25) is 0 Å². The number of ether oxygens (including phenoxy) is 2. The van der Waals surface area contributed by atoms with Gasteiger partial charge in [0.15, 0.2) is 0 Å². The van der Waals surface area contributed by atoms with Crippen LogP contribution in [0.3, 0.4) is 0 Å². The van der Waals surface area contributed by atoms with Crippen molar-refractivity contribution in [3.8, 4) is 11.5 Å². The zero-order valence-electron chi connectivity index (χ0n) is 31.3. The molecule has 268 valence electrons. The molecule has 3 heteroatoms. The summed E-state index contributed by atoms with van der Waals surface area (Å²) in [4.78, 5) is 0. The molecule has 0 saturated carbocycles. The number of rotatable bonds is 33. The molecule has 0 aliphatic carbocycles. The van der Waals surface area contributed by atoms with E-state index in [4.69, 9.17) is 15.2 Å². The van der Waals surface area contributed by atoms with Gasteiger partial charge in [-0.15, -0.1) is 0 Å². The summed E-state index contributed by atoms with van der Waals surface area (Å²) in [6.45, 7) is 8.83. The average Bonchev–Trinajstić information content (AvgIpc) is 3.08. The topological polar surface area (TPSA) is 44.5 Å². The van der Waals surface area contributed by atoms with Gasteiger partial charge < -0.3 is 15.2 Å². The minimum Gasteiger partial charge on any atom is -0.493 e. The summed E-state index contributed by atoms with van der Waals surface area (Å²) in [5, 5.41) is 0. The quantitative estimate of drug-likeness (QED) is 0.0608. The summed E-state index contributed by atoms with van der Waals surface area (Å²) in [6, 6.07) is 6.16. The second kappa shape index (κ2) is 33.6. The standard InChI is InChI=1S/C44H75NO2/c1-4-6-8-10-12-13-14-15-16-17-18-19-20-23-27-31-35-46-43-37-42(40-45)38-44(39-43)47-36-32-28-24-22-26-30-34-41(3)33-29-25-21-11-9-7-5-2/h12-13,15-16,21,25,33,37-39H,4-11,14,17-20,22-24,26-32,34-36,40,45H2,1-3H3/b13-12-,16-15-,25-21-,41-33-. The first-order valence-corrected chi connectivity index (χ1v) is 19.9. The number of nitrogens with two attached hydrogens (primary N) is 1. The molecule has 0 bridgehead atoms. The minimum absolute atomic E-state index is 0.503. The Morgan fingerprint density at radius 1 is 0.532 bits per heavy atom. The molecule has 0 fully saturated rings. The van der Waals surface area contributed by atoms with E-state index in [-0.39, 0.29) is 0 Å².